The van der Waals surface area contributed by atoms with Gasteiger partial charge in [0, 0.05) is 43.7 Å². The van der Waals surface area contributed by atoms with Crippen molar-refractivity contribution in [2.45, 2.75) is 20.0 Å². The Labute approximate surface area is 207 Å². The molecule has 3 heterocycles. The molecule has 1 saturated heterocycles. The van der Waals surface area contributed by atoms with Crippen LogP contribution in [0.25, 0.3) is 21.5 Å². The first-order valence-electron chi connectivity index (χ1n) is 11.6. The summed E-state index contributed by atoms with van der Waals surface area (Å²) in [6, 6.07) is 13.4. The predicted octanol–water partition coefficient (Wildman–Crippen LogP) is 3.18. The fourth-order valence-electron chi connectivity index (χ4n) is 4.33. The van der Waals surface area contributed by atoms with Gasteiger partial charge in [-0.1, -0.05) is 12.1 Å². The molecule has 1 aliphatic heterocycles. The predicted molar refractivity (Wildman–Crippen MR) is 137 cm³/mol. The molecule has 0 radical (unpaired) electrons. The molecule has 0 aliphatic carbocycles. The van der Waals surface area contributed by atoms with Gasteiger partial charge in [-0.15, -0.1) is 11.3 Å². The summed E-state index contributed by atoms with van der Waals surface area (Å²) in [6.45, 7) is 5.48. The molecular weight excluding hydrogens is 462 g/mol. The van der Waals surface area contributed by atoms with Crippen LogP contribution in [0.15, 0.2) is 59.0 Å². The van der Waals surface area contributed by atoms with Crippen LogP contribution in [0.2, 0.25) is 0 Å². The van der Waals surface area contributed by atoms with Crippen molar-refractivity contribution in [1.29, 1.82) is 0 Å². The smallest absolute Gasteiger partial charge is 0.261 e. The highest BCUT2D eigenvalue weighted by molar-refractivity contribution is 7.13. The molecule has 9 heteroatoms. The lowest BCUT2D eigenvalue weighted by Crippen LogP contribution is -2.49. The average Bonchev–Trinajstić information content (AvgIpc) is 3.35. The Morgan fingerprint density at radius 1 is 1.09 bits per heavy atom. The second kappa shape index (κ2) is 9.97. The molecule has 0 N–H and O–H groups in total. The molecule has 2 aromatic heterocycles. The molecule has 35 heavy (non-hydrogen) atoms. The molecule has 0 atom stereocenters. The molecule has 1 fully saturated rings. The van der Waals surface area contributed by atoms with Crippen molar-refractivity contribution in [2.24, 2.45) is 0 Å². The van der Waals surface area contributed by atoms with Crippen LogP contribution >= 0.6 is 11.3 Å². The number of ether oxygens (including phenoxy) is 1. The largest absolute Gasteiger partial charge is 0.497 e. The van der Waals surface area contributed by atoms with Crippen LogP contribution in [-0.2, 0) is 17.9 Å². The highest BCUT2D eigenvalue weighted by atomic mass is 32.1. The summed E-state index contributed by atoms with van der Waals surface area (Å²) < 4.78 is 6.63. The number of para-hydroxylation sites is 1. The second-order valence-corrected chi connectivity index (χ2v) is 9.54. The standard InChI is InChI=1S/C26H27N5O3S/c1-18-4-3-5-22-24(18)27-17-31(26(22)33)15-23(32)30-12-10-29(11-13-30)14-20-16-35-25(28-20)19-6-8-21(34-2)9-7-19/h3-9,16-17H,10-15H2,1-2H3. The number of methoxy groups -OCH3 is 1. The topological polar surface area (TPSA) is 80.6 Å². The van der Waals surface area contributed by atoms with E-state index in [2.05, 4.69) is 15.3 Å². The molecule has 0 unspecified atom stereocenters. The lowest BCUT2D eigenvalue weighted by Gasteiger charge is -2.34. The zero-order chi connectivity index (χ0) is 24.4. The Hall–Kier alpha value is -3.56. The van der Waals surface area contributed by atoms with E-state index in [0.717, 1.165) is 47.2 Å². The summed E-state index contributed by atoms with van der Waals surface area (Å²) in [6.07, 6.45) is 1.48. The van der Waals surface area contributed by atoms with Crippen molar-refractivity contribution in [1.82, 2.24) is 24.3 Å². The molecule has 4 aromatic rings. The highest BCUT2D eigenvalue weighted by Crippen LogP contribution is 2.26. The minimum atomic E-state index is -0.179. The van der Waals surface area contributed by atoms with E-state index in [1.165, 1.54) is 10.9 Å². The van der Waals surface area contributed by atoms with Crippen molar-refractivity contribution >= 4 is 28.1 Å². The van der Waals surface area contributed by atoms with Crippen LogP contribution in [0.1, 0.15) is 11.3 Å². The Morgan fingerprint density at radius 2 is 1.86 bits per heavy atom. The molecule has 0 saturated carbocycles. The van der Waals surface area contributed by atoms with Gasteiger partial charge in [-0.05, 0) is 42.8 Å². The van der Waals surface area contributed by atoms with Crippen LogP contribution in [0.4, 0.5) is 0 Å². The van der Waals surface area contributed by atoms with E-state index in [1.54, 1.807) is 24.5 Å². The van der Waals surface area contributed by atoms with Crippen LogP contribution in [0.5, 0.6) is 5.75 Å². The van der Waals surface area contributed by atoms with Gasteiger partial charge in [0.2, 0.25) is 5.91 Å². The van der Waals surface area contributed by atoms with Crippen LogP contribution < -0.4 is 10.3 Å². The fourth-order valence-corrected chi connectivity index (χ4v) is 5.14. The third-order valence-corrected chi connectivity index (χ3v) is 7.30. The molecule has 8 nitrogen and oxygen atoms in total. The van der Waals surface area contributed by atoms with E-state index in [9.17, 15) is 9.59 Å². The fraction of sp³-hybridized carbons (Fsp3) is 0.308. The molecule has 1 aliphatic rings. The summed E-state index contributed by atoms with van der Waals surface area (Å²) in [7, 11) is 1.66. The second-order valence-electron chi connectivity index (χ2n) is 8.68. The summed E-state index contributed by atoms with van der Waals surface area (Å²) in [5.74, 6) is 0.769. The van der Waals surface area contributed by atoms with Crippen molar-refractivity contribution in [2.75, 3.05) is 33.3 Å². The SMILES string of the molecule is COc1ccc(-c2nc(CN3CCN(C(=O)Cn4cnc5c(C)cccc5c4=O)CC3)cs2)cc1. The van der Waals surface area contributed by atoms with Crippen LogP contribution in [0, 0.1) is 6.92 Å². The molecule has 180 valence electrons. The van der Waals surface area contributed by atoms with Crippen LogP contribution in [-0.4, -0.2) is 63.5 Å². The molecule has 1 amide bonds. The number of aromatic nitrogens is 3. The summed E-state index contributed by atoms with van der Waals surface area (Å²) in [5.41, 5.74) is 3.56. The van der Waals surface area contributed by atoms with Crippen molar-refractivity contribution in [3.63, 3.8) is 0 Å². The molecule has 0 bridgehead atoms. The Balaban J connectivity index is 1.17. The van der Waals surface area contributed by atoms with Gasteiger partial charge in [0.1, 0.15) is 17.3 Å². The quantitative estimate of drug-likeness (QED) is 0.414. The van der Waals surface area contributed by atoms with Gasteiger partial charge in [0.25, 0.3) is 5.56 Å². The van der Waals surface area contributed by atoms with Crippen molar-refractivity contribution in [3.05, 3.63) is 75.8 Å². The number of hydrogen-bond acceptors (Lipinski definition) is 7. The minimum Gasteiger partial charge on any atom is -0.497 e. The van der Waals surface area contributed by atoms with E-state index < -0.39 is 0 Å². The van der Waals surface area contributed by atoms with Gasteiger partial charge >= 0.3 is 0 Å². The lowest BCUT2D eigenvalue weighted by atomic mass is 10.1. The van der Waals surface area contributed by atoms with E-state index in [0.29, 0.717) is 24.0 Å². The number of hydrogen-bond donors (Lipinski definition) is 0. The first-order valence-corrected chi connectivity index (χ1v) is 12.4. The molecule has 5 rings (SSSR count). The Morgan fingerprint density at radius 3 is 2.60 bits per heavy atom. The van der Waals surface area contributed by atoms with Crippen molar-refractivity contribution in [3.8, 4) is 16.3 Å². The van der Waals surface area contributed by atoms with Gasteiger partial charge in [-0.2, -0.15) is 0 Å². The van der Waals surface area contributed by atoms with Crippen LogP contribution in [0.3, 0.4) is 0 Å². The zero-order valence-electron chi connectivity index (χ0n) is 19.8. The van der Waals surface area contributed by atoms with Gasteiger partial charge in [-0.3, -0.25) is 19.1 Å². The van der Waals surface area contributed by atoms with Gasteiger partial charge in [-0.25, -0.2) is 9.97 Å². The van der Waals surface area contributed by atoms with Gasteiger partial charge in [0.15, 0.2) is 0 Å². The number of carbonyl (C=O) groups excluding carboxylic acids is 1. The number of fused-ring (bicyclic) bond motifs is 1. The maximum Gasteiger partial charge on any atom is 0.261 e. The number of aryl methyl sites for hydroxylation is 1. The Kier molecular flexibility index (Phi) is 6.61. The zero-order valence-corrected chi connectivity index (χ0v) is 20.6. The first-order chi connectivity index (χ1) is 17.0. The lowest BCUT2D eigenvalue weighted by molar-refractivity contribution is -0.133. The summed E-state index contributed by atoms with van der Waals surface area (Å²) >= 11 is 1.63. The normalized spacial score (nSPS) is 14.4. The monoisotopic (exact) mass is 489 g/mol. The maximum atomic E-state index is 12.9. The average molecular weight is 490 g/mol. The number of piperazine rings is 1. The molecule has 0 spiro atoms. The maximum absolute atomic E-state index is 12.9. The first kappa shape index (κ1) is 23.2. The number of nitrogens with zero attached hydrogens (tertiary/aromatic N) is 5. The van der Waals surface area contributed by atoms with E-state index in [4.69, 9.17) is 9.72 Å². The number of benzene rings is 2. The summed E-state index contributed by atoms with van der Waals surface area (Å²) in [4.78, 5) is 39.0. The van der Waals surface area contributed by atoms with Gasteiger partial charge < -0.3 is 9.64 Å². The molecular formula is C26H27N5O3S. The van der Waals surface area contributed by atoms with Gasteiger partial charge in [0.05, 0.1) is 30.0 Å². The number of amides is 1. The third-order valence-electron chi connectivity index (χ3n) is 6.36. The van der Waals surface area contributed by atoms with E-state index in [-0.39, 0.29) is 18.0 Å². The number of thiazole rings is 1. The highest BCUT2D eigenvalue weighted by Gasteiger charge is 2.22. The number of rotatable bonds is 6. The van der Waals surface area contributed by atoms with E-state index >= 15 is 0 Å². The van der Waals surface area contributed by atoms with Crippen molar-refractivity contribution < 1.29 is 9.53 Å². The van der Waals surface area contributed by atoms with E-state index in [1.807, 2.05) is 48.2 Å². The summed E-state index contributed by atoms with van der Waals surface area (Å²) in [5, 5.41) is 3.63. The molecule has 2 aromatic carbocycles. The number of carbonyl (C=O) groups is 1. The minimum absolute atomic E-state index is 0.00697. The Bertz CT molecular complexity index is 1400. The third kappa shape index (κ3) is 4.96.